The van der Waals surface area contributed by atoms with Crippen LogP contribution < -0.4 is 5.73 Å². The van der Waals surface area contributed by atoms with E-state index < -0.39 is 0 Å². The number of nitrogens with two attached hydrogens (primary N) is 1. The van der Waals surface area contributed by atoms with Gasteiger partial charge in [0.1, 0.15) is 5.82 Å². The van der Waals surface area contributed by atoms with Crippen molar-refractivity contribution in [2.75, 3.05) is 0 Å². The molecule has 0 bridgehead atoms. The molecular formula is C12H16ClN3. The summed E-state index contributed by atoms with van der Waals surface area (Å²) < 4.78 is 2.06. The van der Waals surface area contributed by atoms with E-state index in [2.05, 4.69) is 16.5 Å². The molecule has 2 atom stereocenters. The minimum absolute atomic E-state index is 0.0889. The first kappa shape index (κ1) is 11.4. The maximum absolute atomic E-state index is 5.98. The summed E-state index contributed by atoms with van der Waals surface area (Å²) in [6, 6.07) is 5.82. The summed E-state index contributed by atoms with van der Waals surface area (Å²) in [6.07, 6.45) is 0. The van der Waals surface area contributed by atoms with Crippen molar-refractivity contribution in [2.24, 2.45) is 12.8 Å². The molecule has 0 saturated heterocycles. The number of hydrogen-bond donors (Lipinski definition) is 1. The van der Waals surface area contributed by atoms with Crippen LogP contribution in [0, 0.1) is 0 Å². The zero-order valence-electron chi connectivity index (χ0n) is 9.74. The van der Waals surface area contributed by atoms with Crippen LogP contribution in [0.3, 0.4) is 0 Å². The zero-order valence-corrected chi connectivity index (χ0v) is 10.5. The van der Waals surface area contributed by atoms with Crippen LogP contribution in [0.25, 0.3) is 11.0 Å². The van der Waals surface area contributed by atoms with Gasteiger partial charge in [-0.3, -0.25) is 0 Å². The summed E-state index contributed by atoms with van der Waals surface area (Å²) in [7, 11) is 2.00. The molecule has 16 heavy (non-hydrogen) atoms. The highest BCUT2D eigenvalue weighted by atomic mass is 35.5. The molecule has 0 aliphatic heterocycles. The fourth-order valence-corrected chi connectivity index (χ4v) is 1.99. The van der Waals surface area contributed by atoms with Gasteiger partial charge in [0, 0.05) is 24.0 Å². The van der Waals surface area contributed by atoms with Gasteiger partial charge in [-0.2, -0.15) is 0 Å². The highest BCUT2D eigenvalue weighted by Gasteiger charge is 2.17. The third kappa shape index (κ3) is 1.81. The summed E-state index contributed by atoms with van der Waals surface area (Å²) in [5.41, 5.74) is 7.93. The molecule has 3 nitrogen and oxygen atoms in total. The van der Waals surface area contributed by atoms with Crippen molar-refractivity contribution in [3.05, 3.63) is 29.0 Å². The molecule has 86 valence electrons. The van der Waals surface area contributed by atoms with Gasteiger partial charge in [0.25, 0.3) is 0 Å². The lowest BCUT2D eigenvalue weighted by molar-refractivity contribution is 0.565. The molecule has 2 N–H and O–H groups in total. The molecule has 1 aromatic heterocycles. The van der Waals surface area contributed by atoms with Gasteiger partial charge in [-0.25, -0.2) is 4.98 Å². The first-order valence-electron chi connectivity index (χ1n) is 5.38. The second-order valence-electron chi connectivity index (χ2n) is 4.31. The molecule has 0 aliphatic rings. The predicted molar refractivity (Wildman–Crippen MR) is 67.8 cm³/mol. The molecule has 0 fully saturated rings. The van der Waals surface area contributed by atoms with Crippen molar-refractivity contribution in [2.45, 2.75) is 25.8 Å². The first-order chi connectivity index (χ1) is 7.50. The summed E-state index contributed by atoms with van der Waals surface area (Å²) >= 11 is 5.98. The summed E-state index contributed by atoms with van der Waals surface area (Å²) in [5, 5.41) is 0.732. The molecule has 0 amide bonds. The maximum Gasteiger partial charge on any atom is 0.113 e. The standard InChI is InChI=1S/C12H16ClN3/c1-7(8(2)14)12-15-10-5-4-9(13)6-11(10)16(12)3/h4-8H,14H2,1-3H3. The van der Waals surface area contributed by atoms with Gasteiger partial charge in [-0.1, -0.05) is 18.5 Å². The van der Waals surface area contributed by atoms with E-state index in [1.165, 1.54) is 0 Å². The van der Waals surface area contributed by atoms with Crippen LogP contribution in [-0.2, 0) is 7.05 Å². The number of aryl methyl sites for hydroxylation is 1. The van der Waals surface area contributed by atoms with Crippen molar-refractivity contribution < 1.29 is 0 Å². The lowest BCUT2D eigenvalue weighted by Gasteiger charge is -2.14. The summed E-state index contributed by atoms with van der Waals surface area (Å²) in [4.78, 5) is 4.60. The number of aromatic nitrogens is 2. The second-order valence-corrected chi connectivity index (χ2v) is 4.75. The second kappa shape index (κ2) is 4.07. The number of hydrogen-bond acceptors (Lipinski definition) is 2. The Bertz CT molecular complexity index is 516. The van der Waals surface area contributed by atoms with Gasteiger partial charge in [-0.15, -0.1) is 0 Å². The van der Waals surface area contributed by atoms with E-state index in [0.717, 1.165) is 21.9 Å². The van der Waals surface area contributed by atoms with Crippen molar-refractivity contribution in [1.29, 1.82) is 0 Å². The van der Waals surface area contributed by atoms with Gasteiger partial charge in [-0.05, 0) is 25.1 Å². The van der Waals surface area contributed by atoms with Crippen LogP contribution in [0.4, 0.5) is 0 Å². The van der Waals surface area contributed by atoms with Crippen molar-refractivity contribution in [3.8, 4) is 0 Å². The number of imidazole rings is 1. The molecule has 0 radical (unpaired) electrons. The monoisotopic (exact) mass is 237 g/mol. The number of benzene rings is 1. The maximum atomic E-state index is 5.98. The number of nitrogens with zero attached hydrogens (tertiary/aromatic N) is 2. The molecule has 1 aromatic carbocycles. The fraction of sp³-hybridized carbons (Fsp3) is 0.417. The smallest absolute Gasteiger partial charge is 0.113 e. The van der Waals surface area contributed by atoms with Gasteiger partial charge in [0.05, 0.1) is 11.0 Å². The quantitative estimate of drug-likeness (QED) is 0.873. The minimum atomic E-state index is 0.0889. The Hall–Kier alpha value is -1.06. The SMILES string of the molecule is CC(N)C(C)c1nc2ccc(Cl)cc2n1C. The first-order valence-corrected chi connectivity index (χ1v) is 5.76. The summed E-state index contributed by atoms with van der Waals surface area (Å²) in [5.74, 6) is 1.24. The zero-order chi connectivity index (χ0) is 11.9. The van der Waals surface area contributed by atoms with Crippen LogP contribution in [0.1, 0.15) is 25.6 Å². The Labute approximate surface area is 100 Å². The van der Waals surface area contributed by atoms with E-state index in [9.17, 15) is 0 Å². The van der Waals surface area contributed by atoms with Crippen molar-refractivity contribution >= 4 is 22.6 Å². The Kier molecular flexibility index (Phi) is 2.91. The lowest BCUT2D eigenvalue weighted by atomic mass is 10.0. The molecular weight excluding hydrogens is 222 g/mol. The minimum Gasteiger partial charge on any atom is -0.331 e. The Morgan fingerprint density at radius 2 is 2.06 bits per heavy atom. The highest BCUT2D eigenvalue weighted by molar-refractivity contribution is 6.31. The average molecular weight is 238 g/mol. The van der Waals surface area contributed by atoms with Gasteiger partial charge in [0.2, 0.25) is 0 Å². The predicted octanol–water partition coefficient (Wildman–Crippen LogP) is 2.68. The highest BCUT2D eigenvalue weighted by Crippen LogP contribution is 2.24. The largest absolute Gasteiger partial charge is 0.331 e. The van der Waals surface area contributed by atoms with Crippen LogP contribution in [0.5, 0.6) is 0 Å². The molecule has 2 aromatic rings. The van der Waals surface area contributed by atoms with E-state index in [0.29, 0.717) is 0 Å². The van der Waals surface area contributed by atoms with Crippen LogP contribution in [-0.4, -0.2) is 15.6 Å². The Balaban J connectivity index is 2.60. The Morgan fingerprint density at radius 3 is 2.69 bits per heavy atom. The molecule has 0 saturated carbocycles. The fourth-order valence-electron chi connectivity index (χ4n) is 1.82. The van der Waals surface area contributed by atoms with E-state index in [4.69, 9.17) is 17.3 Å². The average Bonchev–Trinajstić information content (AvgIpc) is 2.55. The van der Waals surface area contributed by atoms with Gasteiger partial charge in [0.15, 0.2) is 0 Å². The van der Waals surface area contributed by atoms with Crippen LogP contribution in [0.15, 0.2) is 18.2 Å². The number of fused-ring (bicyclic) bond motifs is 1. The lowest BCUT2D eigenvalue weighted by Crippen LogP contribution is -2.24. The van der Waals surface area contributed by atoms with Gasteiger partial charge < -0.3 is 10.3 Å². The molecule has 4 heteroatoms. The Morgan fingerprint density at radius 1 is 1.38 bits per heavy atom. The van der Waals surface area contributed by atoms with E-state index in [1.807, 2.05) is 32.2 Å². The van der Waals surface area contributed by atoms with Crippen molar-refractivity contribution in [1.82, 2.24) is 9.55 Å². The van der Waals surface area contributed by atoms with Crippen LogP contribution >= 0.6 is 11.6 Å². The molecule has 0 aliphatic carbocycles. The molecule has 2 rings (SSSR count). The van der Waals surface area contributed by atoms with E-state index in [1.54, 1.807) is 0 Å². The molecule has 2 unspecified atom stereocenters. The van der Waals surface area contributed by atoms with E-state index in [-0.39, 0.29) is 12.0 Å². The molecule has 0 spiro atoms. The topological polar surface area (TPSA) is 43.8 Å². The van der Waals surface area contributed by atoms with E-state index >= 15 is 0 Å². The van der Waals surface area contributed by atoms with Gasteiger partial charge >= 0.3 is 0 Å². The third-order valence-electron chi connectivity index (χ3n) is 3.07. The molecule has 1 heterocycles. The third-order valence-corrected chi connectivity index (χ3v) is 3.31. The number of rotatable bonds is 2. The van der Waals surface area contributed by atoms with Crippen molar-refractivity contribution in [3.63, 3.8) is 0 Å². The normalized spacial score (nSPS) is 15.3. The van der Waals surface area contributed by atoms with Crippen LogP contribution in [0.2, 0.25) is 5.02 Å². The number of halogens is 1. The summed E-state index contributed by atoms with van der Waals surface area (Å²) in [6.45, 7) is 4.09.